The fraction of sp³-hybridized carbons (Fsp3) is 0.333. The second-order valence-corrected chi connectivity index (χ2v) is 5.65. The monoisotopic (exact) mass is 361 g/mol. The second-order valence-electron chi connectivity index (χ2n) is 4.29. The van der Waals surface area contributed by atoms with E-state index in [1.807, 2.05) is 0 Å². The van der Waals surface area contributed by atoms with Gasteiger partial charge in [-0.2, -0.15) is 0 Å². The summed E-state index contributed by atoms with van der Waals surface area (Å²) in [6.45, 7) is 1.01. The van der Waals surface area contributed by atoms with Crippen molar-refractivity contribution >= 4 is 39.3 Å². The molecule has 0 saturated carbocycles. The fourth-order valence-electron chi connectivity index (χ4n) is 1.94. The molecule has 1 aromatic rings. The molecule has 6 nitrogen and oxygen atoms in total. The van der Waals surface area contributed by atoms with Crippen LogP contribution in [0.4, 0.5) is 0 Å². The highest BCUT2D eigenvalue weighted by atomic mass is 79.9. The number of oxime groups is 1. The molecular formula is C12H13BrClN3O3. The Bertz CT molecular complexity index is 532. The number of halogens is 2. The van der Waals surface area contributed by atoms with E-state index in [1.165, 1.54) is 0 Å². The van der Waals surface area contributed by atoms with Crippen molar-refractivity contribution in [1.82, 2.24) is 4.90 Å². The zero-order valence-corrected chi connectivity index (χ0v) is 12.8. The number of nitrogens with two attached hydrogens (primary N) is 1. The first-order valence-corrected chi connectivity index (χ1v) is 7.02. The summed E-state index contributed by atoms with van der Waals surface area (Å²) < 4.78 is 6.08. The molecule has 1 fully saturated rings. The molecule has 1 aliphatic heterocycles. The van der Waals surface area contributed by atoms with Gasteiger partial charge in [0.05, 0.1) is 13.2 Å². The van der Waals surface area contributed by atoms with E-state index in [0.29, 0.717) is 23.7 Å². The zero-order chi connectivity index (χ0) is 14.7. The molecule has 1 aliphatic rings. The molecule has 8 heteroatoms. The lowest BCUT2D eigenvalue weighted by Gasteiger charge is -2.32. The molecule has 1 unspecified atom stereocenters. The summed E-state index contributed by atoms with van der Waals surface area (Å²) in [6.07, 6.45) is -0.597. The first-order chi connectivity index (χ1) is 9.51. The molecule has 20 heavy (non-hydrogen) atoms. The Labute approximate surface area is 129 Å². The third-order valence-electron chi connectivity index (χ3n) is 2.91. The van der Waals surface area contributed by atoms with E-state index in [2.05, 4.69) is 21.1 Å². The summed E-state index contributed by atoms with van der Waals surface area (Å²) in [5, 5.41) is 12.0. The predicted molar refractivity (Wildman–Crippen MR) is 78.2 cm³/mol. The van der Waals surface area contributed by atoms with E-state index in [9.17, 15) is 4.79 Å². The summed E-state index contributed by atoms with van der Waals surface area (Å²) >= 11 is 9.24. The molecule has 2 rings (SSSR count). The van der Waals surface area contributed by atoms with Gasteiger partial charge < -0.3 is 20.6 Å². The number of rotatable bonds is 2. The lowest BCUT2D eigenvalue weighted by Crippen LogP contribution is -2.50. The van der Waals surface area contributed by atoms with Crippen molar-refractivity contribution in [3.63, 3.8) is 0 Å². The Hall–Kier alpha value is -1.31. The van der Waals surface area contributed by atoms with Gasteiger partial charge in [-0.1, -0.05) is 32.7 Å². The molecule has 1 aromatic carbocycles. The van der Waals surface area contributed by atoms with Crippen molar-refractivity contribution in [1.29, 1.82) is 0 Å². The van der Waals surface area contributed by atoms with Crippen molar-refractivity contribution in [2.75, 3.05) is 19.7 Å². The first-order valence-electron chi connectivity index (χ1n) is 5.85. The van der Waals surface area contributed by atoms with Crippen LogP contribution in [0, 0.1) is 0 Å². The van der Waals surface area contributed by atoms with Crippen LogP contribution in [0.25, 0.3) is 0 Å². The highest BCUT2D eigenvalue weighted by Crippen LogP contribution is 2.21. The highest BCUT2D eigenvalue weighted by molar-refractivity contribution is 9.10. The maximum Gasteiger partial charge on any atom is 0.254 e. The van der Waals surface area contributed by atoms with Crippen molar-refractivity contribution < 1.29 is 14.7 Å². The smallest absolute Gasteiger partial charge is 0.254 e. The lowest BCUT2D eigenvalue weighted by molar-refractivity contribution is 0.00675. The second kappa shape index (κ2) is 6.43. The SMILES string of the molecule is N/C(=N/O)C1CN(C(=O)c2cc(Cl)cc(Br)c2)CCO1. The number of amidine groups is 1. The van der Waals surface area contributed by atoms with Crippen LogP contribution in [0.1, 0.15) is 10.4 Å². The van der Waals surface area contributed by atoms with Crippen LogP contribution in [0.15, 0.2) is 27.8 Å². The van der Waals surface area contributed by atoms with Gasteiger partial charge in [-0.25, -0.2) is 0 Å². The first kappa shape index (κ1) is 15.1. The van der Waals surface area contributed by atoms with Gasteiger partial charge in [-0.3, -0.25) is 4.79 Å². The Kier molecular flexibility index (Phi) is 4.85. The molecule has 1 saturated heterocycles. The predicted octanol–water partition coefficient (Wildman–Crippen LogP) is 1.69. The molecule has 0 spiro atoms. The minimum atomic E-state index is -0.597. The van der Waals surface area contributed by atoms with E-state index < -0.39 is 6.10 Å². The summed E-state index contributed by atoms with van der Waals surface area (Å²) in [6, 6.07) is 5.00. The molecular weight excluding hydrogens is 350 g/mol. The van der Waals surface area contributed by atoms with Crippen LogP contribution in [0.2, 0.25) is 5.02 Å². The lowest BCUT2D eigenvalue weighted by atomic mass is 10.1. The number of ether oxygens (including phenoxy) is 1. The number of benzene rings is 1. The van der Waals surface area contributed by atoms with E-state index in [4.69, 9.17) is 27.3 Å². The normalized spacial score (nSPS) is 20.0. The fourth-order valence-corrected chi connectivity index (χ4v) is 2.80. The van der Waals surface area contributed by atoms with Crippen LogP contribution in [-0.4, -0.2) is 47.7 Å². The Morgan fingerprint density at radius 1 is 1.55 bits per heavy atom. The van der Waals surface area contributed by atoms with Gasteiger partial charge in [-0.15, -0.1) is 0 Å². The van der Waals surface area contributed by atoms with Crippen LogP contribution in [0.5, 0.6) is 0 Å². The van der Waals surface area contributed by atoms with Gasteiger partial charge in [0, 0.05) is 21.6 Å². The van der Waals surface area contributed by atoms with Gasteiger partial charge in [0.1, 0.15) is 6.10 Å². The summed E-state index contributed by atoms with van der Waals surface area (Å²) in [5.74, 6) is -0.220. The van der Waals surface area contributed by atoms with Crippen LogP contribution >= 0.6 is 27.5 Å². The quantitative estimate of drug-likeness (QED) is 0.363. The topological polar surface area (TPSA) is 88.2 Å². The molecule has 108 valence electrons. The van der Waals surface area contributed by atoms with Gasteiger partial charge in [0.25, 0.3) is 5.91 Å². The molecule has 0 aliphatic carbocycles. The minimum absolute atomic E-state index is 0.0465. The van der Waals surface area contributed by atoms with E-state index in [0.717, 1.165) is 4.47 Å². The van der Waals surface area contributed by atoms with Gasteiger partial charge in [0.2, 0.25) is 0 Å². The molecule has 3 N–H and O–H groups in total. The summed E-state index contributed by atoms with van der Waals surface area (Å²) in [4.78, 5) is 14.0. The zero-order valence-electron chi connectivity index (χ0n) is 10.4. The van der Waals surface area contributed by atoms with Crippen molar-refractivity contribution in [3.8, 4) is 0 Å². The molecule has 1 amide bonds. The molecule has 0 bridgehead atoms. The van der Waals surface area contributed by atoms with Crippen molar-refractivity contribution in [2.24, 2.45) is 10.9 Å². The number of carbonyl (C=O) groups is 1. The highest BCUT2D eigenvalue weighted by Gasteiger charge is 2.27. The standard InChI is InChI=1S/C12H13BrClN3O3/c13-8-3-7(4-9(14)5-8)12(18)17-1-2-20-10(6-17)11(15)16-19/h3-5,10,19H,1-2,6H2,(H2,15,16). The number of hydrogen-bond acceptors (Lipinski definition) is 4. The van der Waals surface area contributed by atoms with Crippen molar-refractivity contribution in [2.45, 2.75) is 6.10 Å². The number of hydrogen-bond donors (Lipinski definition) is 2. The van der Waals surface area contributed by atoms with Crippen LogP contribution in [-0.2, 0) is 4.74 Å². The molecule has 1 atom stereocenters. The van der Waals surface area contributed by atoms with Gasteiger partial charge in [-0.05, 0) is 18.2 Å². The average Bonchev–Trinajstić information content (AvgIpc) is 2.44. The minimum Gasteiger partial charge on any atom is -0.409 e. The third-order valence-corrected chi connectivity index (χ3v) is 3.58. The molecule has 1 heterocycles. The summed E-state index contributed by atoms with van der Waals surface area (Å²) in [5.41, 5.74) is 5.98. The Morgan fingerprint density at radius 3 is 2.95 bits per heavy atom. The molecule has 0 aromatic heterocycles. The number of amides is 1. The van der Waals surface area contributed by atoms with E-state index >= 15 is 0 Å². The third kappa shape index (κ3) is 3.41. The maximum absolute atomic E-state index is 12.4. The van der Waals surface area contributed by atoms with Crippen molar-refractivity contribution in [3.05, 3.63) is 33.3 Å². The summed E-state index contributed by atoms with van der Waals surface area (Å²) in [7, 11) is 0. The van der Waals surface area contributed by atoms with Gasteiger partial charge in [0.15, 0.2) is 5.84 Å². The Balaban J connectivity index is 2.16. The number of carbonyl (C=O) groups excluding carboxylic acids is 1. The Morgan fingerprint density at radius 2 is 2.30 bits per heavy atom. The van der Waals surface area contributed by atoms with E-state index in [1.54, 1.807) is 23.1 Å². The van der Waals surface area contributed by atoms with Gasteiger partial charge >= 0.3 is 0 Å². The van der Waals surface area contributed by atoms with Crippen LogP contribution in [0.3, 0.4) is 0 Å². The molecule has 0 radical (unpaired) electrons. The largest absolute Gasteiger partial charge is 0.409 e. The van der Waals surface area contributed by atoms with Crippen LogP contribution < -0.4 is 5.73 Å². The average molecular weight is 363 g/mol. The maximum atomic E-state index is 12.4. The number of nitrogens with zero attached hydrogens (tertiary/aromatic N) is 2. The van der Waals surface area contributed by atoms with E-state index in [-0.39, 0.29) is 18.3 Å². The number of morpholine rings is 1.